The van der Waals surface area contributed by atoms with Crippen molar-refractivity contribution in [1.29, 1.82) is 0 Å². The molecule has 0 atom stereocenters. The lowest BCUT2D eigenvalue weighted by Crippen LogP contribution is -2.29. The Morgan fingerprint density at radius 2 is 1.72 bits per heavy atom. The molecule has 1 heterocycles. The molecule has 0 bridgehead atoms. The number of nitrogens with one attached hydrogen (secondary N) is 1. The maximum atomic E-state index is 13.3. The molecule has 6 nitrogen and oxygen atoms in total. The molecule has 0 aromatic heterocycles. The van der Waals surface area contributed by atoms with E-state index in [0.717, 1.165) is 5.56 Å². The van der Waals surface area contributed by atoms with Crippen molar-refractivity contribution in [3.8, 4) is 5.75 Å². The first-order chi connectivity index (χ1) is 14.0. The largest absolute Gasteiger partial charge is 0.496 e. The van der Waals surface area contributed by atoms with Crippen molar-refractivity contribution in [2.24, 2.45) is 0 Å². The summed E-state index contributed by atoms with van der Waals surface area (Å²) in [5.74, 6) is -0.133. The number of carbonyl (C=O) groups excluding carboxylic acids is 1. The molecule has 0 aliphatic carbocycles. The lowest BCUT2D eigenvalue weighted by atomic mass is 10.2. The highest BCUT2D eigenvalue weighted by atomic mass is 32.2. The van der Waals surface area contributed by atoms with Crippen LogP contribution < -0.4 is 14.4 Å². The van der Waals surface area contributed by atoms with Gasteiger partial charge in [0.05, 0.1) is 23.3 Å². The Morgan fingerprint density at radius 3 is 2.48 bits per heavy atom. The first kappa shape index (κ1) is 19.0. The molecule has 1 amide bonds. The SMILES string of the molecule is COc1ccc(S(=O)(=O)N2CCc3ccccc32)cc1C(=O)Nc1ccccc1. The van der Waals surface area contributed by atoms with Crippen LogP contribution in [0.4, 0.5) is 11.4 Å². The van der Waals surface area contributed by atoms with Gasteiger partial charge in [-0.05, 0) is 48.4 Å². The molecule has 148 valence electrons. The highest BCUT2D eigenvalue weighted by Gasteiger charge is 2.31. The van der Waals surface area contributed by atoms with Crippen LogP contribution in [0.5, 0.6) is 5.75 Å². The van der Waals surface area contributed by atoms with E-state index >= 15 is 0 Å². The molecule has 0 fully saturated rings. The van der Waals surface area contributed by atoms with Crippen molar-refractivity contribution in [1.82, 2.24) is 0 Å². The molecule has 0 saturated carbocycles. The maximum Gasteiger partial charge on any atom is 0.264 e. The average molecular weight is 408 g/mol. The van der Waals surface area contributed by atoms with E-state index in [9.17, 15) is 13.2 Å². The first-order valence-corrected chi connectivity index (χ1v) is 10.6. The van der Waals surface area contributed by atoms with Gasteiger partial charge in [0.15, 0.2) is 0 Å². The number of benzene rings is 3. The molecule has 29 heavy (non-hydrogen) atoms. The molecular formula is C22H20N2O4S. The number of rotatable bonds is 5. The number of nitrogens with zero attached hydrogens (tertiary/aromatic N) is 1. The quantitative estimate of drug-likeness (QED) is 0.699. The molecule has 7 heteroatoms. The number of amides is 1. The highest BCUT2D eigenvalue weighted by molar-refractivity contribution is 7.92. The van der Waals surface area contributed by atoms with Crippen molar-refractivity contribution < 1.29 is 17.9 Å². The van der Waals surface area contributed by atoms with Gasteiger partial charge in [0, 0.05) is 12.2 Å². The predicted molar refractivity (Wildman–Crippen MR) is 112 cm³/mol. The third-order valence-electron chi connectivity index (χ3n) is 4.88. The second-order valence-electron chi connectivity index (χ2n) is 6.64. The fourth-order valence-corrected chi connectivity index (χ4v) is 4.96. The Kier molecular flexibility index (Phi) is 4.98. The lowest BCUT2D eigenvalue weighted by Gasteiger charge is -2.20. The van der Waals surface area contributed by atoms with Crippen LogP contribution >= 0.6 is 0 Å². The molecule has 4 rings (SSSR count). The summed E-state index contributed by atoms with van der Waals surface area (Å²) in [5, 5.41) is 2.77. The van der Waals surface area contributed by atoms with E-state index in [1.54, 1.807) is 30.3 Å². The minimum Gasteiger partial charge on any atom is -0.496 e. The number of carbonyl (C=O) groups is 1. The Bertz CT molecular complexity index is 1160. The van der Waals surface area contributed by atoms with E-state index < -0.39 is 15.9 Å². The van der Waals surface area contributed by atoms with Crippen LogP contribution in [0.25, 0.3) is 0 Å². The van der Waals surface area contributed by atoms with E-state index in [-0.39, 0.29) is 10.5 Å². The van der Waals surface area contributed by atoms with Gasteiger partial charge in [-0.25, -0.2) is 8.42 Å². The number of hydrogen-bond donors (Lipinski definition) is 1. The summed E-state index contributed by atoms with van der Waals surface area (Å²) >= 11 is 0. The third kappa shape index (κ3) is 3.56. The van der Waals surface area contributed by atoms with Gasteiger partial charge in [0.2, 0.25) is 0 Å². The zero-order chi connectivity index (χ0) is 20.4. The molecule has 0 unspecified atom stereocenters. The van der Waals surface area contributed by atoms with Crippen molar-refractivity contribution >= 4 is 27.3 Å². The van der Waals surface area contributed by atoms with E-state index in [0.29, 0.717) is 30.1 Å². The zero-order valence-corrected chi connectivity index (χ0v) is 16.6. The summed E-state index contributed by atoms with van der Waals surface area (Å²) < 4.78 is 33.2. The standard InChI is InChI=1S/C22H20N2O4S/c1-28-21-12-11-18(15-19(21)22(25)23-17-8-3-2-4-9-17)29(26,27)24-14-13-16-7-5-6-10-20(16)24/h2-12,15H,13-14H2,1H3,(H,23,25). The van der Waals surface area contributed by atoms with Gasteiger partial charge >= 0.3 is 0 Å². The minimum absolute atomic E-state index is 0.0493. The highest BCUT2D eigenvalue weighted by Crippen LogP contribution is 2.34. The number of fused-ring (bicyclic) bond motifs is 1. The van der Waals surface area contributed by atoms with Gasteiger partial charge in [-0.15, -0.1) is 0 Å². The lowest BCUT2D eigenvalue weighted by molar-refractivity contribution is 0.102. The molecule has 1 aliphatic rings. The predicted octanol–water partition coefficient (Wildman–Crippen LogP) is 3.70. The Labute approximate surface area is 169 Å². The van der Waals surface area contributed by atoms with Gasteiger partial charge in [-0.1, -0.05) is 36.4 Å². The minimum atomic E-state index is -3.81. The monoisotopic (exact) mass is 408 g/mol. The van der Waals surface area contributed by atoms with E-state index in [1.165, 1.54) is 29.6 Å². The fourth-order valence-electron chi connectivity index (χ4n) is 3.43. The summed E-state index contributed by atoms with van der Waals surface area (Å²) in [6.07, 6.45) is 0.660. The van der Waals surface area contributed by atoms with Crippen LogP contribution in [0.2, 0.25) is 0 Å². The number of sulfonamides is 1. The molecule has 0 spiro atoms. The van der Waals surface area contributed by atoms with Gasteiger partial charge in [-0.2, -0.15) is 0 Å². The van der Waals surface area contributed by atoms with Crippen molar-refractivity contribution in [3.05, 3.63) is 83.9 Å². The Morgan fingerprint density at radius 1 is 1.00 bits per heavy atom. The number of methoxy groups -OCH3 is 1. The Balaban J connectivity index is 1.70. The summed E-state index contributed by atoms with van der Waals surface area (Å²) in [4.78, 5) is 12.8. The van der Waals surface area contributed by atoms with Crippen LogP contribution in [0, 0.1) is 0 Å². The van der Waals surface area contributed by atoms with E-state index in [1.807, 2.05) is 24.3 Å². The van der Waals surface area contributed by atoms with Crippen LogP contribution in [0.15, 0.2) is 77.7 Å². The molecule has 0 radical (unpaired) electrons. The Hall–Kier alpha value is -3.32. The van der Waals surface area contributed by atoms with E-state index in [2.05, 4.69) is 5.32 Å². The van der Waals surface area contributed by atoms with Crippen LogP contribution in [0.3, 0.4) is 0 Å². The summed E-state index contributed by atoms with van der Waals surface area (Å²) in [6, 6.07) is 20.8. The summed E-state index contributed by atoms with van der Waals surface area (Å²) in [7, 11) is -2.36. The molecule has 1 N–H and O–H groups in total. The summed E-state index contributed by atoms with van der Waals surface area (Å²) in [6.45, 7) is 0.374. The van der Waals surface area contributed by atoms with Gasteiger partial charge in [-0.3, -0.25) is 9.10 Å². The van der Waals surface area contributed by atoms with Gasteiger partial charge in [0.1, 0.15) is 5.75 Å². The molecular weight excluding hydrogens is 388 g/mol. The van der Waals surface area contributed by atoms with Crippen molar-refractivity contribution in [2.75, 3.05) is 23.3 Å². The number of para-hydroxylation sites is 2. The van der Waals surface area contributed by atoms with Crippen LogP contribution in [-0.2, 0) is 16.4 Å². The molecule has 0 saturated heterocycles. The van der Waals surface area contributed by atoms with Crippen molar-refractivity contribution in [3.63, 3.8) is 0 Å². The first-order valence-electron chi connectivity index (χ1n) is 9.16. The summed E-state index contributed by atoms with van der Waals surface area (Å²) in [5.41, 5.74) is 2.44. The van der Waals surface area contributed by atoms with Gasteiger partial charge < -0.3 is 10.1 Å². The number of ether oxygens (including phenoxy) is 1. The average Bonchev–Trinajstić information content (AvgIpc) is 3.19. The van der Waals surface area contributed by atoms with Crippen molar-refractivity contribution in [2.45, 2.75) is 11.3 Å². The molecule has 1 aliphatic heterocycles. The topological polar surface area (TPSA) is 75.7 Å². The van der Waals surface area contributed by atoms with E-state index in [4.69, 9.17) is 4.74 Å². The smallest absolute Gasteiger partial charge is 0.264 e. The zero-order valence-electron chi connectivity index (χ0n) is 15.8. The second-order valence-corrected chi connectivity index (χ2v) is 8.50. The normalized spacial score (nSPS) is 13.1. The molecule has 3 aromatic carbocycles. The molecule has 3 aromatic rings. The van der Waals surface area contributed by atoms with Crippen LogP contribution in [0.1, 0.15) is 15.9 Å². The maximum absolute atomic E-state index is 13.3. The third-order valence-corrected chi connectivity index (χ3v) is 6.69. The number of hydrogen-bond acceptors (Lipinski definition) is 4. The van der Waals surface area contributed by atoms with Gasteiger partial charge in [0.25, 0.3) is 15.9 Å². The number of anilines is 2. The fraction of sp³-hybridized carbons (Fsp3) is 0.136. The van der Waals surface area contributed by atoms with Crippen LogP contribution in [-0.4, -0.2) is 28.0 Å². The second kappa shape index (κ2) is 7.60.